The molecule has 0 fully saturated rings. The first kappa shape index (κ1) is 11.0. The third-order valence-corrected chi connectivity index (χ3v) is 2.35. The zero-order chi connectivity index (χ0) is 12.3. The molecule has 1 aromatic heterocycles. The Morgan fingerprint density at radius 1 is 1.29 bits per heavy atom. The van der Waals surface area contributed by atoms with Gasteiger partial charge in [0.2, 0.25) is 0 Å². The number of benzene rings is 1. The first-order chi connectivity index (χ1) is 8.30. The summed E-state index contributed by atoms with van der Waals surface area (Å²) in [5.41, 5.74) is 1.47. The highest BCUT2D eigenvalue weighted by atomic mass is 16.5. The molecular formula is C12H10N2O3. The fraction of sp³-hybridized carbons (Fsp3) is 0.167. The number of ether oxygens (including phenoxy) is 2. The molecule has 2 aromatic rings. The van der Waals surface area contributed by atoms with Gasteiger partial charge in [0.1, 0.15) is 35.1 Å². The summed E-state index contributed by atoms with van der Waals surface area (Å²) in [6.07, 6.45) is 1.30. The van der Waals surface area contributed by atoms with Crippen LogP contribution in [0.25, 0.3) is 11.3 Å². The molecule has 17 heavy (non-hydrogen) atoms. The highest BCUT2D eigenvalue weighted by molar-refractivity contribution is 5.73. The van der Waals surface area contributed by atoms with Crippen molar-refractivity contribution < 1.29 is 14.0 Å². The van der Waals surface area contributed by atoms with Crippen molar-refractivity contribution in [3.63, 3.8) is 0 Å². The monoisotopic (exact) mass is 230 g/mol. The zero-order valence-corrected chi connectivity index (χ0v) is 9.43. The van der Waals surface area contributed by atoms with Crippen LogP contribution in [0.4, 0.5) is 0 Å². The first-order valence-electron chi connectivity index (χ1n) is 4.87. The van der Waals surface area contributed by atoms with E-state index in [9.17, 15) is 0 Å². The Kier molecular flexibility index (Phi) is 2.97. The van der Waals surface area contributed by atoms with Gasteiger partial charge in [0.25, 0.3) is 0 Å². The minimum Gasteiger partial charge on any atom is -0.497 e. The van der Waals surface area contributed by atoms with E-state index in [4.69, 9.17) is 19.3 Å². The molecule has 0 aliphatic heterocycles. The highest BCUT2D eigenvalue weighted by Gasteiger charge is 2.15. The van der Waals surface area contributed by atoms with E-state index in [-0.39, 0.29) is 0 Å². The van der Waals surface area contributed by atoms with Gasteiger partial charge in [-0.15, -0.1) is 0 Å². The molecule has 0 amide bonds. The van der Waals surface area contributed by atoms with Gasteiger partial charge in [0, 0.05) is 0 Å². The predicted octanol–water partition coefficient (Wildman–Crippen LogP) is 2.23. The Hall–Kier alpha value is -2.48. The smallest absolute Gasteiger partial charge is 0.142 e. The molecule has 0 unspecified atom stereocenters. The Labute approximate surface area is 98.2 Å². The molecule has 2 rings (SSSR count). The lowest BCUT2D eigenvalue weighted by Crippen LogP contribution is -1.91. The summed E-state index contributed by atoms with van der Waals surface area (Å²) in [5, 5.41) is 12.7. The molecule has 5 heteroatoms. The van der Waals surface area contributed by atoms with Crippen molar-refractivity contribution in [3.05, 3.63) is 30.0 Å². The molecule has 0 aliphatic rings. The van der Waals surface area contributed by atoms with Crippen LogP contribution in [0.2, 0.25) is 0 Å². The Bertz CT molecular complexity index is 569. The van der Waals surface area contributed by atoms with E-state index < -0.39 is 0 Å². The van der Waals surface area contributed by atoms with Gasteiger partial charge in [-0.1, -0.05) is 5.16 Å². The van der Waals surface area contributed by atoms with Crippen LogP contribution in [0, 0.1) is 11.3 Å². The predicted molar refractivity (Wildman–Crippen MR) is 59.8 cm³/mol. The van der Waals surface area contributed by atoms with Crippen LogP contribution in [0.3, 0.4) is 0 Å². The second-order valence-corrected chi connectivity index (χ2v) is 3.25. The summed E-state index contributed by atoms with van der Waals surface area (Å²) in [6, 6.07) is 7.28. The fourth-order valence-corrected chi connectivity index (χ4v) is 1.51. The van der Waals surface area contributed by atoms with Crippen LogP contribution in [0.15, 0.2) is 29.0 Å². The molecule has 0 atom stereocenters. The van der Waals surface area contributed by atoms with Crippen molar-refractivity contribution in [2.75, 3.05) is 14.2 Å². The van der Waals surface area contributed by atoms with E-state index in [2.05, 4.69) is 5.16 Å². The summed E-state index contributed by atoms with van der Waals surface area (Å²) in [5.74, 6) is 1.27. The molecular weight excluding hydrogens is 220 g/mol. The minimum absolute atomic E-state index is 0.358. The summed E-state index contributed by atoms with van der Waals surface area (Å²) in [6.45, 7) is 0. The highest BCUT2D eigenvalue weighted by Crippen LogP contribution is 2.34. The number of nitriles is 1. The van der Waals surface area contributed by atoms with E-state index in [1.165, 1.54) is 6.26 Å². The number of nitrogens with zero attached hydrogens (tertiary/aromatic N) is 2. The lowest BCUT2D eigenvalue weighted by Gasteiger charge is -2.08. The van der Waals surface area contributed by atoms with Gasteiger partial charge in [-0.3, -0.25) is 0 Å². The zero-order valence-electron chi connectivity index (χ0n) is 9.43. The topological polar surface area (TPSA) is 68.3 Å². The van der Waals surface area contributed by atoms with Crippen molar-refractivity contribution >= 4 is 0 Å². The molecule has 0 N–H and O–H groups in total. The van der Waals surface area contributed by atoms with Crippen LogP contribution in [0.1, 0.15) is 5.56 Å². The number of aromatic nitrogens is 1. The Morgan fingerprint density at radius 3 is 2.76 bits per heavy atom. The maximum atomic E-state index is 8.94. The summed E-state index contributed by atoms with van der Waals surface area (Å²) in [7, 11) is 3.12. The van der Waals surface area contributed by atoms with Crippen molar-refractivity contribution in [2.24, 2.45) is 0 Å². The molecule has 1 heterocycles. The molecule has 0 bridgehead atoms. The van der Waals surface area contributed by atoms with Gasteiger partial charge in [-0.2, -0.15) is 5.26 Å². The second-order valence-electron chi connectivity index (χ2n) is 3.25. The van der Waals surface area contributed by atoms with Crippen LogP contribution < -0.4 is 9.47 Å². The number of hydrogen-bond donors (Lipinski definition) is 0. The number of methoxy groups -OCH3 is 2. The fourth-order valence-electron chi connectivity index (χ4n) is 1.51. The lowest BCUT2D eigenvalue weighted by atomic mass is 10.1. The van der Waals surface area contributed by atoms with Crippen LogP contribution in [-0.4, -0.2) is 19.4 Å². The molecule has 0 saturated carbocycles. The Balaban J connectivity index is 2.61. The average molecular weight is 230 g/mol. The van der Waals surface area contributed by atoms with Crippen molar-refractivity contribution in [3.8, 4) is 28.8 Å². The molecule has 5 nitrogen and oxygen atoms in total. The first-order valence-corrected chi connectivity index (χ1v) is 4.87. The maximum absolute atomic E-state index is 8.94. The van der Waals surface area contributed by atoms with Gasteiger partial charge in [-0.05, 0) is 18.2 Å². The molecule has 86 valence electrons. The molecule has 0 saturated heterocycles. The van der Waals surface area contributed by atoms with E-state index in [1.807, 2.05) is 6.07 Å². The number of hydrogen-bond acceptors (Lipinski definition) is 5. The average Bonchev–Trinajstić information content (AvgIpc) is 2.86. The molecule has 1 aromatic carbocycles. The molecule has 0 spiro atoms. The van der Waals surface area contributed by atoms with Crippen molar-refractivity contribution in [1.82, 2.24) is 5.16 Å². The van der Waals surface area contributed by atoms with Gasteiger partial charge in [0.15, 0.2) is 0 Å². The SMILES string of the molecule is COc1ccc(OC)c(-c2nocc2C#N)c1. The van der Waals surface area contributed by atoms with Crippen LogP contribution >= 0.6 is 0 Å². The maximum Gasteiger partial charge on any atom is 0.142 e. The van der Waals surface area contributed by atoms with E-state index in [1.54, 1.807) is 32.4 Å². The second kappa shape index (κ2) is 4.58. The summed E-state index contributed by atoms with van der Waals surface area (Å²) >= 11 is 0. The third-order valence-electron chi connectivity index (χ3n) is 2.35. The van der Waals surface area contributed by atoms with E-state index in [0.717, 1.165) is 0 Å². The summed E-state index contributed by atoms with van der Waals surface area (Å²) < 4.78 is 15.1. The van der Waals surface area contributed by atoms with E-state index in [0.29, 0.717) is 28.3 Å². The molecule has 0 aliphatic carbocycles. The van der Waals surface area contributed by atoms with E-state index >= 15 is 0 Å². The summed E-state index contributed by atoms with van der Waals surface area (Å²) in [4.78, 5) is 0. The largest absolute Gasteiger partial charge is 0.497 e. The quantitative estimate of drug-likeness (QED) is 0.808. The third kappa shape index (κ3) is 1.93. The van der Waals surface area contributed by atoms with Crippen LogP contribution in [0.5, 0.6) is 11.5 Å². The normalized spacial score (nSPS) is 9.71. The van der Waals surface area contributed by atoms with Gasteiger partial charge >= 0.3 is 0 Å². The number of rotatable bonds is 3. The van der Waals surface area contributed by atoms with Gasteiger partial charge in [0.05, 0.1) is 19.8 Å². The van der Waals surface area contributed by atoms with Crippen molar-refractivity contribution in [2.45, 2.75) is 0 Å². The Morgan fingerprint density at radius 2 is 2.12 bits per heavy atom. The standard InChI is InChI=1S/C12H10N2O3/c1-15-9-3-4-11(16-2)10(5-9)12-8(6-13)7-17-14-12/h3-5,7H,1-2H3. The van der Waals surface area contributed by atoms with Crippen LogP contribution in [-0.2, 0) is 0 Å². The van der Waals surface area contributed by atoms with Gasteiger partial charge in [-0.25, -0.2) is 0 Å². The molecule has 0 radical (unpaired) electrons. The van der Waals surface area contributed by atoms with Gasteiger partial charge < -0.3 is 14.0 Å². The van der Waals surface area contributed by atoms with Crippen molar-refractivity contribution in [1.29, 1.82) is 5.26 Å². The lowest BCUT2D eigenvalue weighted by molar-refractivity contribution is 0.402. The minimum atomic E-state index is 0.358.